The molecule has 1 saturated carbocycles. The van der Waals surface area contributed by atoms with E-state index in [1.165, 1.54) is 12.8 Å². The van der Waals surface area contributed by atoms with Crippen LogP contribution in [0.1, 0.15) is 44.9 Å². The maximum absolute atomic E-state index is 13.1. The molecule has 2 unspecified atom stereocenters. The summed E-state index contributed by atoms with van der Waals surface area (Å²) in [7, 11) is 1.78. The summed E-state index contributed by atoms with van der Waals surface area (Å²) < 4.78 is 7.63. The van der Waals surface area contributed by atoms with Crippen molar-refractivity contribution < 1.29 is 9.84 Å². The van der Waals surface area contributed by atoms with Gasteiger partial charge in [-0.25, -0.2) is 4.98 Å². The number of fused-ring (bicyclic) bond motifs is 5. The maximum Gasteiger partial charge on any atom is 0.295 e. The standard InChI is InChI=1S/C27H31ClN6O3/c1-33-22-7-4-15(10-19(22)23-24(26(33)36)37-9-8-21(31-23)14-2-3-14)30-25-20(28)13-29-27(32-25)34-16-5-6-17(34)12-18(35)11-16/h4,7,10,13-14,16-18,21,31,35H,2-3,5-6,8-9,11-12H2,1H3,(H,29,30,32)/t16-,17+,18?,21?. The van der Waals surface area contributed by atoms with Gasteiger partial charge in [0.1, 0.15) is 5.02 Å². The summed E-state index contributed by atoms with van der Waals surface area (Å²) in [6, 6.07) is 6.73. The van der Waals surface area contributed by atoms with Gasteiger partial charge in [0.25, 0.3) is 5.56 Å². The number of halogens is 1. The molecule has 3 aromatic rings. The van der Waals surface area contributed by atoms with E-state index in [1.54, 1.807) is 17.8 Å². The van der Waals surface area contributed by atoms with E-state index in [-0.39, 0.29) is 23.7 Å². The van der Waals surface area contributed by atoms with Gasteiger partial charge in [-0.05, 0) is 62.6 Å². The Morgan fingerprint density at radius 3 is 2.70 bits per heavy atom. The second-order valence-corrected chi connectivity index (χ2v) is 11.3. The van der Waals surface area contributed by atoms with Crippen LogP contribution in [0.25, 0.3) is 10.9 Å². The molecule has 7 rings (SSSR count). The Morgan fingerprint density at radius 2 is 1.95 bits per heavy atom. The number of aliphatic hydroxyl groups is 1. The largest absolute Gasteiger partial charge is 0.486 e. The van der Waals surface area contributed by atoms with E-state index in [1.807, 2.05) is 18.2 Å². The molecular weight excluding hydrogens is 492 g/mol. The number of pyridine rings is 1. The number of hydrogen-bond donors (Lipinski definition) is 3. The van der Waals surface area contributed by atoms with Gasteiger partial charge in [0, 0.05) is 42.7 Å². The normalized spacial score (nSPS) is 26.8. The highest BCUT2D eigenvalue weighted by Gasteiger charge is 2.41. The Labute approximate surface area is 219 Å². The quantitative estimate of drug-likeness (QED) is 0.468. The zero-order valence-corrected chi connectivity index (χ0v) is 21.5. The van der Waals surface area contributed by atoms with E-state index in [4.69, 9.17) is 21.3 Å². The Balaban J connectivity index is 1.25. The molecular formula is C27H31ClN6O3. The molecule has 1 aliphatic carbocycles. The lowest BCUT2D eigenvalue weighted by Gasteiger charge is -2.37. The van der Waals surface area contributed by atoms with Crippen molar-refractivity contribution in [3.8, 4) is 5.75 Å². The van der Waals surface area contributed by atoms with Crippen LogP contribution in [0.5, 0.6) is 5.75 Å². The molecule has 3 aliphatic heterocycles. The predicted molar refractivity (Wildman–Crippen MR) is 144 cm³/mol. The third-order valence-corrected chi connectivity index (χ3v) is 8.76. The van der Waals surface area contributed by atoms with Gasteiger partial charge in [-0.2, -0.15) is 4.98 Å². The molecule has 0 amide bonds. The van der Waals surface area contributed by atoms with Crippen molar-refractivity contribution in [3.05, 3.63) is 39.8 Å². The van der Waals surface area contributed by atoms with Crippen LogP contribution in [0.4, 0.5) is 23.1 Å². The molecule has 2 bridgehead atoms. The molecule has 0 spiro atoms. The topological polar surface area (TPSA) is 105 Å². The minimum atomic E-state index is -0.251. The van der Waals surface area contributed by atoms with Crippen LogP contribution in [0, 0.1) is 5.92 Å². The lowest BCUT2D eigenvalue weighted by Crippen LogP contribution is -2.45. The van der Waals surface area contributed by atoms with Crippen molar-refractivity contribution in [1.82, 2.24) is 14.5 Å². The fourth-order valence-corrected chi connectivity index (χ4v) is 6.59. The minimum Gasteiger partial charge on any atom is -0.486 e. The van der Waals surface area contributed by atoms with E-state index in [0.717, 1.165) is 54.4 Å². The predicted octanol–water partition coefficient (Wildman–Crippen LogP) is 4.19. The number of anilines is 4. The van der Waals surface area contributed by atoms with Crippen LogP contribution in [0.2, 0.25) is 5.02 Å². The first-order chi connectivity index (χ1) is 18.0. The smallest absolute Gasteiger partial charge is 0.295 e. The van der Waals surface area contributed by atoms with Crippen LogP contribution in [0.15, 0.2) is 29.2 Å². The van der Waals surface area contributed by atoms with E-state index in [0.29, 0.717) is 41.1 Å². The fraction of sp³-hybridized carbons (Fsp3) is 0.519. The van der Waals surface area contributed by atoms with Gasteiger partial charge < -0.3 is 29.9 Å². The average Bonchev–Trinajstić information content (AvgIpc) is 3.71. The van der Waals surface area contributed by atoms with Gasteiger partial charge in [0.15, 0.2) is 5.82 Å². The van der Waals surface area contributed by atoms with Gasteiger partial charge in [-0.15, -0.1) is 0 Å². The van der Waals surface area contributed by atoms with Gasteiger partial charge in [-0.3, -0.25) is 4.79 Å². The number of aliphatic hydroxyl groups excluding tert-OH is 1. The molecule has 10 heteroatoms. The molecule has 37 heavy (non-hydrogen) atoms. The fourth-order valence-electron chi connectivity index (χ4n) is 6.45. The molecule has 9 nitrogen and oxygen atoms in total. The molecule has 4 aliphatic rings. The number of piperidine rings is 1. The third kappa shape index (κ3) is 3.99. The second-order valence-electron chi connectivity index (χ2n) is 10.9. The van der Waals surface area contributed by atoms with Crippen molar-refractivity contribution in [2.45, 2.75) is 69.2 Å². The first-order valence-electron chi connectivity index (χ1n) is 13.3. The number of aryl methyl sites for hydroxylation is 1. The molecule has 194 valence electrons. The summed E-state index contributed by atoms with van der Waals surface area (Å²) in [5, 5.41) is 18.6. The summed E-state index contributed by atoms with van der Waals surface area (Å²) in [6.07, 6.45) is 8.29. The number of aromatic nitrogens is 3. The third-order valence-electron chi connectivity index (χ3n) is 8.48. The highest BCUT2D eigenvalue weighted by atomic mass is 35.5. The number of rotatable bonds is 4. The van der Waals surface area contributed by atoms with Gasteiger partial charge in [0.05, 0.1) is 30.1 Å². The van der Waals surface area contributed by atoms with Gasteiger partial charge >= 0.3 is 0 Å². The molecule has 2 saturated heterocycles. The molecule has 0 radical (unpaired) electrons. The van der Waals surface area contributed by atoms with E-state index < -0.39 is 0 Å². The average molecular weight is 523 g/mol. The summed E-state index contributed by atoms with van der Waals surface area (Å²) in [6.45, 7) is 0.536. The maximum atomic E-state index is 13.1. The monoisotopic (exact) mass is 522 g/mol. The van der Waals surface area contributed by atoms with Crippen molar-refractivity contribution in [2.75, 3.05) is 22.1 Å². The van der Waals surface area contributed by atoms with Crippen LogP contribution in [-0.2, 0) is 7.05 Å². The lowest BCUT2D eigenvalue weighted by molar-refractivity contribution is 0.125. The van der Waals surface area contributed by atoms with Crippen molar-refractivity contribution in [3.63, 3.8) is 0 Å². The van der Waals surface area contributed by atoms with Gasteiger partial charge in [-0.1, -0.05) is 11.6 Å². The molecule has 4 atom stereocenters. The molecule has 3 N–H and O–H groups in total. The molecule has 5 heterocycles. The summed E-state index contributed by atoms with van der Waals surface area (Å²) in [5.41, 5.74) is 2.29. The Morgan fingerprint density at radius 1 is 1.16 bits per heavy atom. The number of nitrogens with zero attached hydrogens (tertiary/aromatic N) is 4. The lowest BCUT2D eigenvalue weighted by atomic mass is 10.0. The zero-order chi connectivity index (χ0) is 25.3. The number of ether oxygens (including phenoxy) is 1. The number of hydrogen-bond acceptors (Lipinski definition) is 8. The zero-order valence-electron chi connectivity index (χ0n) is 20.8. The van der Waals surface area contributed by atoms with Crippen molar-refractivity contribution in [1.29, 1.82) is 0 Å². The van der Waals surface area contributed by atoms with Crippen LogP contribution in [0.3, 0.4) is 0 Å². The van der Waals surface area contributed by atoms with E-state index in [2.05, 4.69) is 20.5 Å². The number of benzene rings is 1. The highest BCUT2D eigenvalue weighted by molar-refractivity contribution is 6.33. The molecule has 2 aromatic heterocycles. The molecule has 1 aromatic carbocycles. The Hall–Kier alpha value is -3.04. The number of nitrogens with one attached hydrogen (secondary N) is 2. The van der Waals surface area contributed by atoms with Crippen molar-refractivity contribution >= 4 is 45.6 Å². The van der Waals surface area contributed by atoms with Crippen molar-refractivity contribution in [2.24, 2.45) is 13.0 Å². The summed E-state index contributed by atoms with van der Waals surface area (Å²) in [5.74, 6) is 2.21. The summed E-state index contributed by atoms with van der Waals surface area (Å²) in [4.78, 5) is 24.7. The highest BCUT2D eigenvalue weighted by Crippen LogP contribution is 2.42. The van der Waals surface area contributed by atoms with E-state index >= 15 is 0 Å². The van der Waals surface area contributed by atoms with Crippen LogP contribution < -0.4 is 25.8 Å². The first kappa shape index (κ1) is 23.1. The summed E-state index contributed by atoms with van der Waals surface area (Å²) >= 11 is 6.53. The van der Waals surface area contributed by atoms with Gasteiger partial charge in [0.2, 0.25) is 11.7 Å². The Kier molecular flexibility index (Phi) is 5.48. The first-order valence-corrected chi connectivity index (χ1v) is 13.7. The Bertz CT molecular complexity index is 1430. The van der Waals surface area contributed by atoms with Crippen LogP contribution >= 0.6 is 11.6 Å². The van der Waals surface area contributed by atoms with E-state index in [9.17, 15) is 9.90 Å². The molecule has 3 fully saturated rings. The SMILES string of the molecule is Cn1c(=O)c2c(c3cc(Nc4nc(N5[C@@H]6CC[C@H]5CC(O)C6)ncc4Cl)ccc31)NC(C1CC1)CCO2. The van der Waals surface area contributed by atoms with Crippen LogP contribution in [-0.4, -0.2) is 50.5 Å². The second kappa shape index (κ2) is 8.77. The minimum absolute atomic E-state index is 0.128.